The Morgan fingerprint density at radius 1 is 1.39 bits per heavy atom. The highest BCUT2D eigenvalue weighted by Crippen LogP contribution is 2.22. The standard InChI is InChI=1S/C13H19NO3S/c1-10-5-6-12(18(2,15)16)8-13(10)14-11-4-3-7-17-9-11/h5-6,8,11,14H,3-4,7,9H2,1-2H3. The fourth-order valence-corrected chi connectivity index (χ4v) is 2.71. The summed E-state index contributed by atoms with van der Waals surface area (Å²) >= 11 is 0. The van der Waals surface area contributed by atoms with Crippen molar-refractivity contribution >= 4 is 15.5 Å². The van der Waals surface area contributed by atoms with Gasteiger partial charge in [-0.05, 0) is 37.5 Å². The lowest BCUT2D eigenvalue weighted by Gasteiger charge is -2.25. The highest BCUT2D eigenvalue weighted by Gasteiger charge is 2.15. The van der Waals surface area contributed by atoms with E-state index in [0.29, 0.717) is 11.5 Å². The Kier molecular flexibility index (Phi) is 3.92. The van der Waals surface area contributed by atoms with E-state index in [-0.39, 0.29) is 6.04 Å². The van der Waals surface area contributed by atoms with Gasteiger partial charge >= 0.3 is 0 Å². The third-order valence-corrected chi connectivity index (χ3v) is 4.27. The van der Waals surface area contributed by atoms with Crippen LogP contribution in [0, 0.1) is 6.92 Å². The van der Waals surface area contributed by atoms with Gasteiger partial charge in [-0.15, -0.1) is 0 Å². The minimum absolute atomic E-state index is 0.271. The molecule has 0 aromatic heterocycles. The van der Waals surface area contributed by atoms with E-state index in [1.54, 1.807) is 12.1 Å². The lowest BCUT2D eigenvalue weighted by molar-refractivity contribution is 0.0876. The second kappa shape index (κ2) is 5.28. The molecule has 1 fully saturated rings. The first kappa shape index (κ1) is 13.4. The molecule has 0 radical (unpaired) electrons. The van der Waals surface area contributed by atoms with Gasteiger partial charge in [0.05, 0.1) is 11.5 Å². The molecule has 1 saturated heterocycles. The quantitative estimate of drug-likeness (QED) is 0.911. The van der Waals surface area contributed by atoms with Crippen LogP contribution in [0.4, 0.5) is 5.69 Å². The van der Waals surface area contributed by atoms with Crippen LogP contribution in [0.2, 0.25) is 0 Å². The molecule has 5 heteroatoms. The molecule has 1 unspecified atom stereocenters. The lowest BCUT2D eigenvalue weighted by Crippen LogP contribution is -2.30. The summed E-state index contributed by atoms with van der Waals surface area (Å²) in [6, 6.07) is 5.46. The molecule has 2 rings (SSSR count). The highest BCUT2D eigenvalue weighted by molar-refractivity contribution is 7.90. The van der Waals surface area contributed by atoms with Gasteiger partial charge in [0, 0.05) is 24.6 Å². The van der Waals surface area contributed by atoms with Crippen LogP contribution in [0.5, 0.6) is 0 Å². The molecule has 1 aliphatic rings. The van der Waals surface area contributed by atoms with Gasteiger partial charge in [-0.25, -0.2) is 8.42 Å². The Labute approximate surface area is 108 Å². The molecule has 100 valence electrons. The van der Waals surface area contributed by atoms with Gasteiger partial charge in [0.25, 0.3) is 0 Å². The van der Waals surface area contributed by atoms with E-state index in [2.05, 4.69) is 5.32 Å². The molecule has 1 aromatic rings. The van der Waals surface area contributed by atoms with Crippen molar-refractivity contribution in [3.8, 4) is 0 Å². The highest BCUT2D eigenvalue weighted by atomic mass is 32.2. The molecule has 4 nitrogen and oxygen atoms in total. The van der Waals surface area contributed by atoms with Gasteiger partial charge in [-0.3, -0.25) is 0 Å². The molecular formula is C13H19NO3S. The summed E-state index contributed by atoms with van der Waals surface area (Å²) in [4.78, 5) is 0.354. The Bertz CT molecular complexity index is 519. The minimum atomic E-state index is -3.15. The summed E-state index contributed by atoms with van der Waals surface area (Å²) < 4.78 is 28.5. The van der Waals surface area contributed by atoms with Crippen LogP contribution in [0.15, 0.2) is 23.1 Å². The number of aryl methyl sites for hydroxylation is 1. The van der Waals surface area contributed by atoms with E-state index >= 15 is 0 Å². The van der Waals surface area contributed by atoms with E-state index in [1.807, 2.05) is 13.0 Å². The first-order valence-electron chi connectivity index (χ1n) is 6.12. The van der Waals surface area contributed by atoms with Crippen molar-refractivity contribution in [2.75, 3.05) is 24.8 Å². The molecule has 0 bridgehead atoms. The normalized spacial score (nSPS) is 20.7. The zero-order valence-corrected chi connectivity index (χ0v) is 11.6. The number of sulfone groups is 1. The van der Waals surface area contributed by atoms with Crippen molar-refractivity contribution in [1.82, 2.24) is 0 Å². The van der Waals surface area contributed by atoms with Crippen molar-refractivity contribution in [2.24, 2.45) is 0 Å². The Morgan fingerprint density at radius 3 is 2.78 bits per heavy atom. The molecule has 0 saturated carbocycles. The van der Waals surface area contributed by atoms with E-state index in [9.17, 15) is 8.42 Å². The summed E-state index contributed by atoms with van der Waals surface area (Å²) in [5.41, 5.74) is 1.93. The van der Waals surface area contributed by atoms with Crippen molar-refractivity contribution in [2.45, 2.75) is 30.7 Å². The molecule has 1 N–H and O–H groups in total. The molecule has 0 aliphatic carbocycles. The van der Waals surface area contributed by atoms with E-state index in [4.69, 9.17) is 4.74 Å². The third kappa shape index (κ3) is 3.23. The van der Waals surface area contributed by atoms with Gasteiger partial charge in [0.2, 0.25) is 0 Å². The van der Waals surface area contributed by atoms with E-state index in [0.717, 1.165) is 30.7 Å². The number of benzene rings is 1. The van der Waals surface area contributed by atoms with Crippen LogP contribution in [0.3, 0.4) is 0 Å². The van der Waals surface area contributed by atoms with E-state index in [1.165, 1.54) is 6.26 Å². The maximum absolute atomic E-state index is 11.5. The van der Waals surface area contributed by atoms with Crippen LogP contribution >= 0.6 is 0 Å². The molecular weight excluding hydrogens is 250 g/mol. The average molecular weight is 269 g/mol. The Balaban J connectivity index is 2.21. The zero-order valence-electron chi connectivity index (χ0n) is 10.8. The third-order valence-electron chi connectivity index (χ3n) is 3.16. The molecule has 18 heavy (non-hydrogen) atoms. The first-order valence-corrected chi connectivity index (χ1v) is 8.01. The topological polar surface area (TPSA) is 55.4 Å². The second-order valence-electron chi connectivity index (χ2n) is 4.81. The summed E-state index contributed by atoms with van der Waals surface area (Å²) in [5.74, 6) is 0. The maximum atomic E-state index is 11.5. The zero-order chi connectivity index (χ0) is 13.2. The number of ether oxygens (including phenoxy) is 1. The molecule has 1 heterocycles. The number of rotatable bonds is 3. The number of nitrogens with one attached hydrogen (secondary N) is 1. The van der Waals surface area contributed by atoms with Crippen molar-refractivity contribution in [3.63, 3.8) is 0 Å². The minimum Gasteiger partial charge on any atom is -0.380 e. The smallest absolute Gasteiger partial charge is 0.175 e. The summed E-state index contributed by atoms with van der Waals surface area (Å²) in [6.07, 6.45) is 3.33. The molecule has 1 aromatic carbocycles. The number of anilines is 1. The van der Waals surface area contributed by atoms with Gasteiger partial charge in [0.15, 0.2) is 9.84 Å². The second-order valence-corrected chi connectivity index (χ2v) is 6.82. The molecule has 1 aliphatic heterocycles. The monoisotopic (exact) mass is 269 g/mol. The molecule has 0 amide bonds. The summed E-state index contributed by atoms with van der Waals surface area (Å²) in [5, 5.41) is 3.37. The number of hydrogen-bond donors (Lipinski definition) is 1. The maximum Gasteiger partial charge on any atom is 0.175 e. The predicted molar refractivity (Wildman–Crippen MR) is 71.8 cm³/mol. The first-order chi connectivity index (χ1) is 8.47. The van der Waals surface area contributed by atoms with Crippen molar-refractivity contribution < 1.29 is 13.2 Å². The van der Waals surface area contributed by atoms with Gasteiger partial charge < -0.3 is 10.1 Å². The van der Waals surface area contributed by atoms with Gasteiger partial charge in [-0.2, -0.15) is 0 Å². The van der Waals surface area contributed by atoms with E-state index < -0.39 is 9.84 Å². The van der Waals surface area contributed by atoms with Crippen LogP contribution in [0.25, 0.3) is 0 Å². The van der Waals surface area contributed by atoms with Crippen LogP contribution < -0.4 is 5.32 Å². The summed E-state index contributed by atoms with van der Waals surface area (Å²) in [6.45, 7) is 3.47. The SMILES string of the molecule is Cc1ccc(S(C)(=O)=O)cc1NC1CCCOC1. The lowest BCUT2D eigenvalue weighted by atomic mass is 10.1. The van der Waals surface area contributed by atoms with Crippen LogP contribution in [-0.4, -0.2) is 33.9 Å². The van der Waals surface area contributed by atoms with Crippen molar-refractivity contribution in [1.29, 1.82) is 0 Å². The van der Waals surface area contributed by atoms with Gasteiger partial charge in [0.1, 0.15) is 0 Å². The largest absolute Gasteiger partial charge is 0.380 e. The summed E-state index contributed by atoms with van der Waals surface area (Å²) in [7, 11) is -3.15. The van der Waals surface area contributed by atoms with Crippen molar-refractivity contribution in [3.05, 3.63) is 23.8 Å². The average Bonchev–Trinajstić information content (AvgIpc) is 2.32. The molecule has 1 atom stereocenters. The van der Waals surface area contributed by atoms with Crippen LogP contribution in [0.1, 0.15) is 18.4 Å². The molecule has 0 spiro atoms. The number of hydrogen-bond acceptors (Lipinski definition) is 4. The Hall–Kier alpha value is -1.07. The fourth-order valence-electron chi connectivity index (χ4n) is 2.06. The van der Waals surface area contributed by atoms with Gasteiger partial charge in [-0.1, -0.05) is 6.07 Å². The predicted octanol–water partition coefficient (Wildman–Crippen LogP) is 1.99. The Morgan fingerprint density at radius 2 is 2.17 bits per heavy atom. The fraction of sp³-hybridized carbons (Fsp3) is 0.538. The van der Waals surface area contributed by atoms with Crippen LogP contribution in [-0.2, 0) is 14.6 Å².